The lowest BCUT2D eigenvalue weighted by molar-refractivity contribution is -0.107. The summed E-state index contributed by atoms with van der Waals surface area (Å²) < 4.78 is 15.2. The highest BCUT2D eigenvalue weighted by atomic mass is 32.1. The van der Waals surface area contributed by atoms with Gasteiger partial charge < -0.3 is 4.79 Å². The SMILES string of the molecule is Cc1c(S)c(-c2c(F)cccc2C(C)C)c(C)c(C2=CCC(C)(C)CC2)c1CC=O. The topological polar surface area (TPSA) is 17.1 Å². The fourth-order valence-corrected chi connectivity index (χ4v) is 5.13. The molecule has 0 unspecified atom stereocenters. The maximum Gasteiger partial charge on any atom is 0.131 e. The summed E-state index contributed by atoms with van der Waals surface area (Å²) in [4.78, 5) is 12.3. The van der Waals surface area contributed by atoms with Gasteiger partial charge in [0.1, 0.15) is 12.1 Å². The molecule has 2 aromatic carbocycles. The van der Waals surface area contributed by atoms with Crippen molar-refractivity contribution in [2.75, 3.05) is 0 Å². The number of hydrogen-bond acceptors (Lipinski definition) is 2. The van der Waals surface area contributed by atoms with Crippen LogP contribution in [0.1, 0.15) is 80.7 Å². The van der Waals surface area contributed by atoms with E-state index in [0.29, 0.717) is 17.4 Å². The van der Waals surface area contributed by atoms with Gasteiger partial charge in [-0.1, -0.05) is 45.9 Å². The molecule has 0 saturated carbocycles. The Morgan fingerprint density at radius 3 is 2.40 bits per heavy atom. The summed E-state index contributed by atoms with van der Waals surface area (Å²) in [5.41, 5.74) is 8.24. The maximum absolute atomic E-state index is 15.2. The first-order chi connectivity index (χ1) is 14.1. The fraction of sp³-hybridized carbons (Fsp3) is 0.444. The Morgan fingerprint density at radius 1 is 1.13 bits per heavy atom. The van der Waals surface area contributed by atoms with Crippen molar-refractivity contribution in [3.63, 3.8) is 0 Å². The molecule has 0 spiro atoms. The van der Waals surface area contributed by atoms with Gasteiger partial charge in [-0.25, -0.2) is 4.39 Å². The van der Waals surface area contributed by atoms with Crippen LogP contribution in [-0.2, 0) is 11.2 Å². The standard InChI is InChI=1S/C27H33FOS/c1-16(2)20-8-7-9-22(28)25(20)24-18(4)23(19-10-13-27(5,6)14-11-19)21(12-15-29)17(3)26(24)30/h7-10,15-16,30H,11-14H2,1-6H3. The van der Waals surface area contributed by atoms with Crippen molar-refractivity contribution >= 4 is 24.5 Å². The predicted octanol–water partition coefficient (Wildman–Crippen LogP) is 7.86. The average Bonchev–Trinajstić information content (AvgIpc) is 2.68. The zero-order valence-electron chi connectivity index (χ0n) is 19.0. The van der Waals surface area contributed by atoms with E-state index in [4.69, 9.17) is 12.6 Å². The molecule has 0 radical (unpaired) electrons. The molecule has 0 bridgehead atoms. The van der Waals surface area contributed by atoms with Crippen LogP contribution in [0.4, 0.5) is 4.39 Å². The van der Waals surface area contributed by atoms with E-state index in [1.807, 2.05) is 13.0 Å². The second-order valence-corrected chi connectivity index (χ2v) is 10.1. The van der Waals surface area contributed by atoms with Crippen molar-refractivity contribution in [1.29, 1.82) is 0 Å². The Hall–Kier alpha value is -1.87. The first-order valence-corrected chi connectivity index (χ1v) is 11.3. The molecule has 3 rings (SSSR count). The number of thiol groups is 1. The molecule has 1 nitrogen and oxygen atoms in total. The summed E-state index contributed by atoms with van der Waals surface area (Å²) in [6.07, 6.45) is 6.73. The number of allylic oxidation sites excluding steroid dienone is 2. The van der Waals surface area contributed by atoms with Gasteiger partial charge in [-0.15, -0.1) is 12.6 Å². The van der Waals surface area contributed by atoms with Crippen molar-refractivity contribution in [1.82, 2.24) is 0 Å². The number of aldehydes is 1. The zero-order chi connectivity index (χ0) is 22.2. The third kappa shape index (κ3) is 4.14. The summed E-state index contributed by atoms with van der Waals surface area (Å²) in [6, 6.07) is 5.32. The van der Waals surface area contributed by atoms with Crippen LogP contribution in [0.15, 0.2) is 29.2 Å². The lowest BCUT2D eigenvalue weighted by Gasteiger charge is -2.31. The number of rotatable bonds is 5. The van der Waals surface area contributed by atoms with Crippen molar-refractivity contribution in [3.05, 3.63) is 57.9 Å². The summed E-state index contributed by atoms with van der Waals surface area (Å²) >= 11 is 4.85. The van der Waals surface area contributed by atoms with Crippen molar-refractivity contribution in [2.24, 2.45) is 5.41 Å². The van der Waals surface area contributed by atoms with Gasteiger partial charge in [0, 0.05) is 22.4 Å². The van der Waals surface area contributed by atoms with Crippen LogP contribution in [0.25, 0.3) is 16.7 Å². The Balaban J connectivity index is 2.37. The van der Waals surface area contributed by atoms with Gasteiger partial charge in [-0.05, 0) is 83.9 Å². The summed E-state index contributed by atoms with van der Waals surface area (Å²) in [6.45, 7) is 12.8. The second kappa shape index (κ2) is 8.70. The summed E-state index contributed by atoms with van der Waals surface area (Å²) in [7, 11) is 0. The average molecular weight is 425 g/mol. The fourth-order valence-electron chi connectivity index (χ4n) is 4.72. The molecule has 0 aliphatic heterocycles. The minimum atomic E-state index is -0.216. The van der Waals surface area contributed by atoms with E-state index >= 15 is 4.39 Å². The highest BCUT2D eigenvalue weighted by molar-refractivity contribution is 7.80. The Kier molecular flexibility index (Phi) is 6.62. The third-order valence-electron chi connectivity index (χ3n) is 6.60. The Labute approximate surface area is 186 Å². The van der Waals surface area contributed by atoms with E-state index in [1.165, 1.54) is 11.6 Å². The van der Waals surface area contributed by atoms with Gasteiger partial charge in [0.05, 0.1) is 0 Å². The normalized spacial score (nSPS) is 16.0. The lowest BCUT2D eigenvalue weighted by atomic mass is 9.74. The molecule has 0 amide bonds. The molecule has 0 atom stereocenters. The van der Waals surface area contributed by atoms with Crippen LogP contribution in [0.5, 0.6) is 0 Å². The van der Waals surface area contributed by atoms with Crippen molar-refractivity contribution < 1.29 is 9.18 Å². The van der Waals surface area contributed by atoms with Gasteiger partial charge in [0.2, 0.25) is 0 Å². The van der Waals surface area contributed by atoms with Gasteiger partial charge in [0.25, 0.3) is 0 Å². The molecule has 0 fully saturated rings. The number of halogens is 1. The molecular weight excluding hydrogens is 391 g/mol. The van der Waals surface area contributed by atoms with Crippen LogP contribution in [-0.4, -0.2) is 6.29 Å². The van der Waals surface area contributed by atoms with E-state index in [1.54, 1.807) is 6.07 Å². The Bertz CT molecular complexity index is 1010. The molecular formula is C27H33FOS. The molecule has 0 aromatic heterocycles. The van der Waals surface area contributed by atoms with Gasteiger partial charge >= 0.3 is 0 Å². The number of carbonyl (C=O) groups excluding carboxylic acids is 1. The van der Waals surface area contributed by atoms with Crippen LogP contribution in [0.2, 0.25) is 0 Å². The summed E-state index contributed by atoms with van der Waals surface area (Å²) in [5, 5.41) is 0. The lowest BCUT2D eigenvalue weighted by Crippen LogP contribution is -2.16. The predicted molar refractivity (Wildman–Crippen MR) is 128 cm³/mol. The van der Waals surface area contributed by atoms with E-state index in [9.17, 15) is 4.79 Å². The van der Waals surface area contributed by atoms with Crippen LogP contribution < -0.4 is 0 Å². The first kappa shape index (κ1) is 22.8. The third-order valence-corrected chi connectivity index (χ3v) is 7.15. The monoisotopic (exact) mass is 424 g/mol. The van der Waals surface area contributed by atoms with Crippen molar-refractivity contribution in [3.8, 4) is 11.1 Å². The van der Waals surface area contributed by atoms with Gasteiger partial charge in [-0.3, -0.25) is 0 Å². The molecule has 0 heterocycles. The van der Waals surface area contributed by atoms with Crippen molar-refractivity contribution in [2.45, 2.75) is 78.0 Å². The van der Waals surface area contributed by atoms with E-state index < -0.39 is 0 Å². The minimum absolute atomic E-state index is 0.191. The molecule has 0 N–H and O–H groups in total. The number of hydrogen-bond donors (Lipinski definition) is 1. The molecule has 0 saturated heterocycles. The quantitative estimate of drug-likeness (QED) is 0.382. The smallest absolute Gasteiger partial charge is 0.131 e. The van der Waals surface area contributed by atoms with Gasteiger partial charge in [-0.2, -0.15) is 0 Å². The second-order valence-electron chi connectivity index (χ2n) is 9.65. The molecule has 1 aliphatic carbocycles. The molecule has 3 heteroatoms. The number of benzene rings is 2. The van der Waals surface area contributed by atoms with Crippen LogP contribution in [0, 0.1) is 25.1 Å². The largest absolute Gasteiger partial charge is 0.303 e. The molecule has 30 heavy (non-hydrogen) atoms. The zero-order valence-corrected chi connectivity index (χ0v) is 19.9. The highest BCUT2D eigenvalue weighted by Crippen LogP contribution is 2.46. The maximum atomic E-state index is 15.2. The number of carbonyl (C=O) groups is 1. The molecule has 1 aliphatic rings. The Morgan fingerprint density at radius 2 is 1.83 bits per heavy atom. The first-order valence-electron chi connectivity index (χ1n) is 10.9. The van der Waals surface area contributed by atoms with Crippen LogP contribution >= 0.6 is 12.6 Å². The minimum Gasteiger partial charge on any atom is -0.303 e. The van der Waals surface area contributed by atoms with Gasteiger partial charge in [0.15, 0.2) is 0 Å². The molecule has 160 valence electrons. The van der Waals surface area contributed by atoms with E-state index in [-0.39, 0.29) is 11.7 Å². The van der Waals surface area contributed by atoms with Crippen LogP contribution in [0.3, 0.4) is 0 Å². The van der Waals surface area contributed by atoms with E-state index in [2.05, 4.69) is 40.7 Å². The summed E-state index contributed by atoms with van der Waals surface area (Å²) in [5.74, 6) is -0.0252. The molecule has 2 aromatic rings. The highest BCUT2D eigenvalue weighted by Gasteiger charge is 2.28. The van der Waals surface area contributed by atoms with E-state index in [0.717, 1.165) is 63.8 Å².